The summed E-state index contributed by atoms with van der Waals surface area (Å²) >= 11 is 5.99. The first kappa shape index (κ1) is 18.9. The maximum atomic E-state index is 12.2. The van der Waals surface area contributed by atoms with Gasteiger partial charge in [0.05, 0.1) is 10.6 Å². The molecular weight excluding hydrogens is 384 g/mol. The number of carbonyl (C=O) groups excluding carboxylic acids is 2. The van der Waals surface area contributed by atoms with Crippen molar-refractivity contribution in [1.82, 2.24) is 25.8 Å². The van der Waals surface area contributed by atoms with Gasteiger partial charge < -0.3 is 5.73 Å². The van der Waals surface area contributed by atoms with Crippen LogP contribution in [0.3, 0.4) is 0 Å². The van der Waals surface area contributed by atoms with E-state index in [0.717, 1.165) is 0 Å². The van der Waals surface area contributed by atoms with E-state index in [0.29, 0.717) is 10.6 Å². The first-order valence-electron chi connectivity index (χ1n) is 7.94. The van der Waals surface area contributed by atoms with E-state index in [9.17, 15) is 9.59 Å². The lowest BCUT2D eigenvalue weighted by molar-refractivity contribution is 0.0954. The first-order chi connectivity index (χ1) is 13.6. The molecule has 0 spiro atoms. The second-order valence-electron chi connectivity index (χ2n) is 5.36. The van der Waals surface area contributed by atoms with Crippen LogP contribution in [-0.4, -0.2) is 26.8 Å². The average Bonchev–Trinajstić information content (AvgIpc) is 2.72. The third-order valence-corrected chi connectivity index (χ3v) is 3.86. The third kappa shape index (κ3) is 4.43. The smallest absolute Gasteiger partial charge is 0.271 e. The van der Waals surface area contributed by atoms with Gasteiger partial charge in [-0.2, -0.15) is 0 Å². The van der Waals surface area contributed by atoms with Crippen LogP contribution in [0.4, 0.5) is 17.3 Å². The van der Waals surface area contributed by atoms with Gasteiger partial charge in [-0.1, -0.05) is 23.7 Å². The summed E-state index contributed by atoms with van der Waals surface area (Å²) in [6.45, 7) is 0. The summed E-state index contributed by atoms with van der Waals surface area (Å²) in [5, 5.41) is 0.304. The Bertz CT molecular complexity index is 999. The second-order valence-corrected chi connectivity index (χ2v) is 5.77. The molecule has 28 heavy (non-hydrogen) atoms. The predicted octanol–water partition coefficient (Wildman–Crippen LogP) is 1.62. The molecule has 2 heterocycles. The van der Waals surface area contributed by atoms with Crippen molar-refractivity contribution in [2.45, 2.75) is 0 Å². The molecule has 0 fully saturated rings. The van der Waals surface area contributed by atoms with Crippen LogP contribution in [0.1, 0.15) is 20.7 Å². The van der Waals surface area contributed by atoms with Gasteiger partial charge in [0, 0.05) is 18.0 Å². The highest BCUT2D eigenvalue weighted by molar-refractivity contribution is 6.33. The number of pyridine rings is 1. The zero-order chi connectivity index (χ0) is 19.9. The van der Waals surface area contributed by atoms with Gasteiger partial charge in [0.15, 0.2) is 11.6 Å². The quantitative estimate of drug-likeness (QED) is 0.393. The second kappa shape index (κ2) is 8.64. The number of nitrogens with one attached hydrogen (secondary N) is 4. The molecule has 2 aromatic heterocycles. The molecule has 0 aliphatic heterocycles. The molecule has 6 N–H and O–H groups in total. The van der Waals surface area contributed by atoms with E-state index in [2.05, 4.69) is 36.7 Å². The lowest BCUT2D eigenvalue weighted by atomic mass is 10.2. The number of nitrogens with two attached hydrogens (primary N) is 1. The summed E-state index contributed by atoms with van der Waals surface area (Å²) in [6.07, 6.45) is 4.20. The zero-order valence-electron chi connectivity index (χ0n) is 14.3. The van der Waals surface area contributed by atoms with E-state index in [4.69, 9.17) is 17.3 Å². The van der Waals surface area contributed by atoms with Crippen LogP contribution in [0.2, 0.25) is 5.02 Å². The zero-order valence-corrected chi connectivity index (χ0v) is 15.1. The number of aromatic nitrogens is 3. The van der Waals surface area contributed by atoms with E-state index in [1.165, 1.54) is 18.7 Å². The van der Waals surface area contributed by atoms with Gasteiger partial charge in [-0.3, -0.25) is 36.3 Å². The van der Waals surface area contributed by atoms with Crippen molar-refractivity contribution in [1.29, 1.82) is 0 Å². The standard InChI is InChI=1S/C17H15ClN8O2/c18-12-4-2-1-3-11(12)17(28)26-24-15-13(19)14(21-9-22-15)23-25-16(27)10-5-7-20-8-6-10/h1-9H,19H2,(H,25,27)(H,26,28)(H2,21,22,23,24). The molecule has 1 aromatic carbocycles. The maximum absolute atomic E-state index is 12.2. The molecule has 3 rings (SSSR count). The normalized spacial score (nSPS) is 10.0. The van der Waals surface area contributed by atoms with Gasteiger partial charge in [-0.25, -0.2) is 9.97 Å². The Hall–Kier alpha value is -3.92. The molecule has 3 aromatic rings. The summed E-state index contributed by atoms with van der Waals surface area (Å²) in [5.74, 6) is -0.589. The van der Waals surface area contributed by atoms with Crippen LogP contribution >= 0.6 is 11.6 Å². The maximum Gasteiger partial charge on any atom is 0.271 e. The fourth-order valence-electron chi connectivity index (χ4n) is 2.11. The Morgan fingerprint density at radius 3 is 2.14 bits per heavy atom. The molecule has 0 aliphatic rings. The molecule has 142 valence electrons. The fourth-order valence-corrected chi connectivity index (χ4v) is 2.34. The first-order valence-corrected chi connectivity index (χ1v) is 8.32. The summed E-state index contributed by atoms with van der Waals surface area (Å²) in [7, 11) is 0. The number of rotatable bonds is 6. The van der Waals surface area contributed by atoms with Crippen molar-refractivity contribution in [3.05, 3.63) is 71.3 Å². The van der Waals surface area contributed by atoms with Crippen molar-refractivity contribution in [2.24, 2.45) is 0 Å². The van der Waals surface area contributed by atoms with Crippen LogP contribution in [0, 0.1) is 0 Å². The van der Waals surface area contributed by atoms with Crippen molar-refractivity contribution >= 4 is 40.7 Å². The minimum absolute atomic E-state index is 0.0805. The molecule has 0 atom stereocenters. The summed E-state index contributed by atoms with van der Waals surface area (Å²) in [6, 6.07) is 9.68. The molecule has 2 amide bonds. The number of halogens is 1. The minimum Gasteiger partial charge on any atom is -0.393 e. The predicted molar refractivity (Wildman–Crippen MR) is 104 cm³/mol. The van der Waals surface area contributed by atoms with Gasteiger partial charge >= 0.3 is 0 Å². The van der Waals surface area contributed by atoms with Crippen LogP contribution < -0.4 is 27.4 Å². The van der Waals surface area contributed by atoms with E-state index < -0.39 is 11.8 Å². The number of hydrazine groups is 2. The molecule has 0 aliphatic carbocycles. The monoisotopic (exact) mass is 398 g/mol. The Kier molecular flexibility index (Phi) is 5.82. The molecule has 0 saturated heterocycles. The highest BCUT2D eigenvalue weighted by Crippen LogP contribution is 2.21. The molecule has 0 bridgehead atoms. The lowest BCUT2D eigenvalue weighted by Gasteiger charge is -2.14. The van der Waals surface area contributed by atoms with Crippen LogP contribution in [-0.2, 0) is 0 Å². The Morgan fingerprint density at radius 2 is 1.50 bits per heavy atom. The largest absolute Gasteiger partial charge is 0.393 e. The highest BCUT2D eigenvalue weighted by atomic mass is 35.5. The molecule has 11 heteroatoms. The Labute approximate surface area is 164 Å². The average molecular weight is 399 g/mol. The summed E-state index contributed by atoms with van der Waals surface area (Å²) < 4.78 is 0. The molecule has 0 unspecified atom stereocenters. The number of amides is 2. The SMILES string of the molecule is Nc1c(NNC(=O)c2ccncc2)ncnc1NNC(=O)c1ccccc1Cl. The Balaban J connectivity index is 1.63. The van der Waals surface area contributed by atoms with Crippen LogP contribution in [0.25, 0.3) is 0 Å². The lowest BCUT2D eigenvalue weighted by Crippen LogP contribution is -2.32. The number of nitrogens with zero attached hydrogens (tertiary/aromatic N) is 3. The van der Waals surface area contributed by atoms with Gasteiger partial charge in [0.1, 0.15) is 12.0 Å². The van der Waals surface area contributed by atoms with E-state index in [-0.39, 0.29) is 22.9 Å². The number of benzene rings is 1. The number of carbonyl (C=O) groups is 2. The molecule has 0 radical (unpaired) electrons. The Morgan fingerprint density at radius 1 is 0.893 bits per heavy atom. The summed E-state index contributed by atoms with van der Waals surface area (Å²) in [5.41, 5.74) is 16.9. The van der Waals surface area contributed by atoms with Crippen LogP contribution in [0.15, 0.2) is 55.1 Å². The highest BCUT2D eigenvalue weighted by Gasteiger charge is 2.13. The van der Waals surface area contributed by atoms with E-state index in [1.807, 2.05) is 0 Å². The van der Waals surface area contributed by atoms with E-state index >= 15 is 0 Å². The number of hydrogen-bond donors (Lipinski definition) is 5. The minimum atomic E-state index is -0.468. The number of nitrogen functional groups attached to an aromatic ring is 1. The van der Waals surface area contributed by atoms with Crippen LogP contribution in [0.5, 0.6) is 0 Å². The van der Waals surface area contributed by atoms with E-state index in [1.54, 1.807) is 36.4 Å². The summed E-state index contributed by atoms with van der Waals surface area (Å²) in [4.78, 5) is 36.0. The fraction of sp³-hybridized carbons (Fsp3) is 0. The topological polar surface area (TPSA) is 147 Å². The van der Waals surface area contributed by atoms with Crippen molar-refractivity contribution in [2.75, 3.05) is 16.6 Å². The molecule has 0 saturated carbocycles. The van der Waals surface area contributed by atoms with Crippen molar-refractivity contribution in [3.8, 4) is 0 Å². The van der Waals surface area contributed by atoms with Gasteiger partial charge in [0.25, 0.3) is 11.8 Å². The van der Waals surface area contributed by atoms with Gasteiger partial charge in [-0.05, 0) is 24.3 Å². The number of hydrogen-bond acceptors (Lipinski definition) is 8. The van der Waals surface area contributed by atoms with Crippen molar-refractivity contribution in [3.63, 3.8) is 0 Å². The van der Waals surface area contributed by atoms with Gasteiger partial charge in [-0.15, -0.1) is 0 Å². The molecular formula is C17H15ClN8O2. The third-order valence-electron chi connectivity index (χ3n) is 3.53. The molecule has 10 nitrogen and oxygen atoms in total. The van der Waals surface area contributed by atoms with Crippen molar-refractivity contribution < 1.29 is 9.59 Å². The van der Waals surface area contributed by atoms with Gasteiger partial charge in [0.2, 0.25) is 0 Å². The number of anilines is 3.